The molecule has 0 aromatic carbocycles. The van der Waals surface area contributed by atoms with Gasteiger partial charge in [-0.3, -0.25) is 0 Å². The highest BCUT2D eigenvalue weighted by Crippen LogP contribution is 2.29. The summed E-state index contributed by atoms with van der Waals surface area (Å²) in [6.45, 7) is 2.22. The summed E-state index contributed by atoms with van der Waals surface area (Å²) in [5.41, 5.74) is 0. The molecule has 1 fully saturated rings. The van der Waals surface area contributed by atoms with Crippen LogP contribution in [0.2, 0.25) is 0 Å². The lowest BCUT2D eigenvalue weighted by molar-refractivity contribution is 0.315. The third kappa shape index (κ3) is 3.29. The second kappa shape index (κ2) is 6.50. The average molecular weight is 253 g/mol. The second-order valence-electron chi connectivity index (χ2n) is 4.81. The van der Waals surface area contributed by atoms with Gasteiger partial charge in [-0.05, 0) is 37.7 Å². The largest absolute Gasteiger partial charge is 0.468 e. The fourth-order valence-electron chi connectivity index (χ4n) is 2.72. The van der Waals surface area contributed by atoms with Gasteiger partial charge in [0.1, 0.15) is 5.76 Å². The lowest BCUT2D eigenvalue weighted by Gasteiger charge is -2.33. The Bertz CT molecular complexity index is 312. The Morgan fingerprint density at radius 2 is 2.29 bits per heavy atom. The van der Waals surface area contributed by atoms with Gasteiger partial charge < -0.3 is 9.73 Å². The average Bonchev–Trinajstić information content (AvgIpc) is 2.90. The minimum Gasteiger partial charge on any atom is -0.468 e. The van der Waals surface area contributed by atoms with Crippen molar-refractivity contribution in [3.8, 4) is 0 Å². The van der Waals surface area contributed by atoms with E-state index in [4.69, 9.17) is 4.42 Å². The summed E-state index contributed by atoms with van der Waals surface area (Å²) >= 11 is 2.01. The molecule has 1 aliphatic rings. The first-order chi connectivity index (χ1) is 8.35. The molecule has 0 bridgehead atoms. The fraction of sp³-hybridized carbons (Fsp3) is 0.714. The predicted octanol–water partition coefficient (Wildman–Crippen LogP) is 3.99. The molecule has 1 N–H and O–H groups in total. The Kier molecular flexibility index (Phi) is 4.99. The van der Waals surface area contributed by atoms with Gasteiger partial charge in [-0.25, -0.2) is 0 Å². The van der Waals surface area contributed by atoms with Crippen LogP contribution in [0.4, 0.5) is 0 Å². The zero-order valence-corrected chi connectivity index (χ0v) is 11.6. The molecule has 1 aromatic heterocycles. The van der Waals surface area contributed by atoms with Crippen LogP contribution in [0.1, 0.15) is 50.8 Å². The SMILES string of the molecule is CCC(NC1CCCCC1SC)c1ccco1. The summed E-state index contributed by atoms with van der Waals surface area (Å²) in [4.78, 5) is 0. The monoisotopic (exact) mass is 253 g/mol. The van der Waals surface area contributed by atoms with Gasteiger partial charge in [0.05, 0.1) is 12.3 Å². The van der Waals surface area contributed by atoms with Gasteiger partial charge in [-0.2, -0.15) is 11.8 Å². The maximum Gasteiger partial charge on any atom is 0.120 e. The molecule has 0 aliphatic heterocycles. The Hall–Kier alpha value is -0.410. The van der Waals surface area contributed by atoms with Crippen molar-refractivity contribution < 1.29 is 4.42 Å². The number of hydrogen-bond donors (Lipinski definition) is 1. The van der Waals surface area contributed by atoms with Crippen molar-refractivity contribution in [2.45, 2.75) is 56.4 Å². The molecule has 2 rings (SSSR count). The molecular formula is C14H23NOS. The molecular weight excluding hydrogens is 230 g/mol. The van der Waals surface area contributed by atoms with Gasteiger partial charge in [0.15, 0.2) is 0 Å². The van der Waals surface area contributed by atoms with E-state index in [1.54, 1.807) is 6.26 Å². The summed E-state index contributed by atoms with van der Waals surface area (Å²) < 4.78 is 5.53. The molecule has 0 amide bonds. The van der Waals surface area contributed by atoms with Gasteiger partial charge in [-0.1, -0.05) is 19.8 Å². The second-order valence-corrected chi connectivity index (χ2v) is 5.88. The summed E-state index contributed by atoms with van der Waals surface area (Å²) in [6.07, 6.45) is 10.5. The Morgan fingerprint density at radius 3 is 2.94 bits per heavy atom. The van der Waals surface area contributed by atoms with Crippen LogP contribution in [-0.2, 0) is 0 Å². The van der Waals surface area contributed by atoms with E-state index >= 15 is 0 Å². The van der Waals surface area contributed by atoms with E-state index < -0.39 is 0 Å². The molecule has 2 nitrogen and oxygen atoms in total. The topological polar surface area (TPSA) is 25.2 Å². The Morgan fingerprint density at radius 1 is 1.47 bits per heavy atom. The van der Waals surface area contributed by atoms with Crippen LogP contribution >= 0.6 is 11.8 Å². The first kappa shape index (κ1) is 13.0. The molecule has 0 saturated heterocycles. The van der Waals surface area contributed by atoms with Crippen LogP contribution in [0.5, 0.6) is 0 Å². The smallest absolute Gasteiger partial charge is 0.120 e. The highest BCUT2D eigenvalue weighted by atomic mass is 32.2. The van der Waals surface area contributed by atoms with Crippen molar-refractivity contribution in [1.29, 1.82) is 0 Å². The number of thioether (sulfide) groups is 1. The number of nitrogens with one attached hydrogen (secondary N) is 1. The Balaban J connectivity index is 1.97. The van der Waals surface area contributed by atoms with Crippen molar-refractivity contribution in [1.82, 2.24) is 5.32 Å². The molecule has 1 aromatic rings. The number of furan rings is 1. The third-order valence-electron chi connectivity index (χ3n) is 3.72. The van der Waals surface area contributed by atoms with Crippen molar-refractivity contribution in [3.05, 3.63) is 24.2 Å². The molecule has 96 valence electrons. The minimum atomic E-state index is 0.378. The predicted molar refractivity (Wildman–Crippen MR) is 74.4 cm³/mol. The fourth-order valence-corrected chi connectivity index (χ4v) is 3.66. The van der Waals surface area contributed by atoms with Gasteiger partial charge in [0.2, 0.25) is 0 Å². The molecule has 17 heavy (non-hydrogen) atoms. The van der Waals surface area contributed by atoms with Gasteiger partial charge >= 0.3 is 0 Å². The maximum absolute atomic E-state index is 5.53. The van der Waals surface area contributed by atoms with Crippen LogP contribution < -0.4 is 5.32 Å². The minimum absolute atomic E-state index is 0.378. The normalized spacial score (nSPS) is 26.9. The van der Waals surface area contributed by atoms with E-state index in [1.165, 1.54) is 25.7 Å². The molecule has 3 atom stereocenters. The summed E-state index contributed by atoms with van der Waals surface area (Å²) in [5.74, 6) is 1.08. The molecule has 1 saturated carbocycles. The quantitative estimate of drug-likeness (QED) is 0.859. The van der Waals surface area contributed by atoms with Crippen LogP contribution in [0, 0.1) is 0 Å². The van der Waals surface area contributed by atoms with Gasteiger partial charge in [0.25, 0.3) is 0 Å². The molecule has 0 spiro atoms. The van der Waals surface area contributed by atoms with Crippen molar-refractivity contribution in [3.63, 3.8) is 0 Å². The van der Waals surface area contributed by atoms with Gasteiger partial charge in [0, 0.05) is 11.3 Å². The lowest BCUT2D eigenvalue weighted by atomic mass is 9.93. The molecule has 0 radical (unpaired) electrons. The lowest BCUT2D eigenvalue weighted by Crippen LogP contribution is -2.42. The summed E-state index contributed by atoms with van der Waals surface area (Å²) in [5, 5.41) is 4.57. The zero-order chi connectivity index (χ0) is 12.1. The molecule has 1 heterocycles. The van der Waals surface area contributed by atoms with E-state index in [1.807, 2.05) is 17.8 Å². The van der Waals surface area contributed by atoms with Crippen LogP contribution in [0.3, 0.4) is 0 Å². The van der Waals surface area contributed by atoms with Crippen molar-refractivity contribution in [2.75, 3.05) is 6.26 Å². The van der Waals surface area contributed by atoms with E-state index in [0.29, 0.717) is 12.1 Å². The van der Waals surface area contributed by atoms with Crippen molar-refractivity contribution >= 4 is 11.8 Å². The number of rotatable bonds is 5. The molecule has 1 aliphatic carbocycles. The van der Waals surface area contributed by atoms with E-state index in [0.717, 1.165) is 17.4 Å². The maximum atomic E-state index is 5.53. The molecule has 3 unspecified atom stereocenters. The van der Waals surface area contributed by atoms with Crippen LogP contribution in [0.15, 0.2) is 22.8 Å². The van der Waals surface area contributed by atoms with E-state index in [9.17, 15) is 0 Å². The number of hydrogen-bond acceptors (Lipinski definition) is 3. The molecule has 3 heteroatoms. The van der Waals surface area contributed by atoms with Crippen molar-refractivity contribution in [2.24, 2.45) is 0 Å². The standard InChI is InChI=1S/C14H23NOS/c1-3-11(13-8-6-10-16-13)15-12-7-4-5-9-14(12)17-2/h6,8,10-12,14-15H,3-5,7,9H2,1-2H3. The van der Waals surface area contributed by atoms with Crippen LogP contribution in [0.25, 0.3) is 0 Å². The van der Waals surface area contributed by atoms with E-state index in [-0.39, 0.29) is 0 Å². The van der Waals surface area contributed by atoms with Crippen LogP contribution in [-0.4, -0.2) is 17.5 Å². The Labute approximate surface area is 109 Å². The first-order valence-electron chi connectivity index (χ1n) is 6.67. The highest BCUT2D eigenvalue weighted by molar-refractivity contribution is 7.99. The summed E-state index contributed by atoms with van der Waals surface area (Å²) in [6, 6.07) is 5.08. The van der Waals surface area contributed by atoms with E-state index in [2.05, 4.69) is 24.6 Å². The van der Waals surface area contributed by atoms with Gasteiger partial charge in [-0.15, -0.1) is 0 Å². The first-order valence-corrected chi connectivity index (χ1v) is 7.96. The zero-order valence-electron chi connectivity index (χ0n) is 10.8. The summed E-state index contributed by atoms with van der Waals surface area (Å²) in [7, 11) is 0. The highest BCUT2D eigenvalue weighted by Gasteiger charge is 2.27. The third-order valence-corrected chi connectivity index (χ3v) is 4.89.